The third-order valence-corrected chi connectivity index (χ3v) is 10.1. The lowest BCUT2D eigenvalue weighted by molar-refractivity contribution is -0.145. The number of carbonyl (C=O) groups is 4. The summed E-state index contributed by atoms with van der Waals surface area (Å²) < 4.78 is 0. The number of fused-ring (bicyclic) bond motifs is 4. The van der Waals surface area contributed by atoms with Crippen molar-refractivity contribution >= 4 is 29.3 Å². The average Bonchev–Trinajstić information content (AvgIpc) is 3.05. The van der Waals surface area contributed by atoms with E-state index in [4.69, 9.17) is 0 Å². The summed E-state index contributed by atoms with van der Waals surface area (Å²) in [7, 11) is 2.14. The third kappa shape index (κ3) is 7.16. The number of amides is 4. The van der Waals surface area contributed by atoms with Gasteiger partial charge in [0.25, 0.3) is 5.91 Å². The molecular formula is C35H46N6O4. The van der Waals surface area contributed by atoms with E-state index in [2.05, 4.69) is 39.6 Å². The van der Waals surface area contributed by atoms with Crippen LogP contribution >= 0.6 is 0 Å². The molecule has 0 aliphatic carbocycles. The summed E-state index contributed by atoms with van der Waals surface area (Å²) in [5.41, 5.74) is 2.80. The van der Waals surface area contributed by atoms with Gasteiger partial charge in [0, 0.05) is 75.9 Å². The first-order valence-electron chi connectivity index (χ1n) is 16.5. The van der Waals surface area contributed by atoms with Crippen LogP contribution in [0.25, 0.3) is 0 Å². The molecular weight excluding hydrogens is 568 g/mol. The molecule has 2 aromatic carbocycles. The highest BCUT2D eigenvalue weighted by molar-refractivity contribution is 5.95. The van der Waals surface area contributed by atoms with Crippen LogP contribution in [0, 0.1) is 11.8 Å². The van der Waals surface area contributed by atoms with Crippen LogP contribution in [-0.4, -0.2) is 109 Å². The highest BCUT2D eigenvalue weighted by Crippen LogP contribution is 2.37. The number of hydrogen-bond acceptors (Lipinski definition) is 6. The maximum atomic E-state index is 14.3. The second kappa shape index (κ2) is 13.6. The lowest BCUT2D eigenvalue weighted by atomic mass is 9.77. The number of benzene rings is 2. The number of hydrogen-bond donors (Lipinski definition) is 2. The van der Waals surface area contributed by atoms with Crippen molar-refractivity contribution in [2.45, 2.75) is 57.2 Å². The van der Waals surface area contributed by atoms with Gasteiger partial charge in [-0.3, -0.25) is 19.2 Å². The van der Waals surface area contributed by atoms with Gasteiger partial charge in [0.15, 0.2) is 0 Å². The number of rotatable bonds is 4. The Morgan fingerprint density at radius 2 is 1.62 bits per heavy atom. The second-order valence-electron chi connectivity index (χ2n) is 13.4. The summed E-state index contributed by atoms with van der Waals surface area (Å²) in [5.74, 6) is -0.309. The molecule has 4 aliphatic heterocycles. The van der Waals surface area contributed by atoms with Gasteiger partial charge in [0.2, 0.25) is 17.7 Å². The van der Waals surface area contributed by atoms with Gasteiger partial charge in [-0.2, -0.15) is 0 Å². The Hall–Kier alpha value is -3.92. The topological polar surface area (TPSA) is 105 Å². The van der Waals surface area contributed by atoms with Crippen LogP contribution in [0.1, 0.15) is 48.5 Å². The van der Waals surface area contributed by atoms with Gasteiger partial charge in [-0.15, -0.1) is 0 Å². The molecule has 4 amide bonds. The first-order valence-corrected chi connectivity index (χ1v) is 16.5. The van der Waals surface area contributed by atoms with Gasteiger partial charge < -0.3 is 30.2 Å². The standard InChI is InChI=1S/C35H46N6O4/c1-24-33(43)37-30(20-25-7-4-3-5-8-25)35(45)41-22-26-19-28(31(41)9-6-10-32(42)36-24)23-40(21-26)34(44)27-11-13-29(14-12-27)39-17-15-38(2)16-18-39/h3-5,7-8,11-14,24,26,28,30-31H,6,9-10,15-23H2,1-2H3,(H,36,42)(H,37,43)/t24-,26+,28-,30+,31+/m1/s1. The molecule has 6 rings (SSSR count). The number of likely N-dealkylation sites (tertiary alicyclic amines) is 1. The molecule has 0 unspecified atom stereocenters. The normalized spacial score (nSPS) is 28.4. The monoisotopic (exact) mass is 614 g/mol. The van der Waals surface area contributed by atoms with E-state index in [1.54, 1.807) is 6.92 Å². The SMILES string of the molecule is C[C@H]1NC(=O)CCC[C@H]2[C@@H]3C[C@@H](CN(C(=O)c4ccc(N5CCN(C)CC5)cc4)C3)CN2C(=O)[C@H](Cc2ccccc2)NC1=O. The molecule has 45 heavy (non-hydrogen) atoms. The first kappa shape index (κ1) is 31.1. The highest BCUT2D eigenvalue weighted by Gasteiger charge is 2.45. The second-order valence-corrected chi connectivity index (χ2v) is 13.4. The minimum Gasteiger partial charge on any atom is -0.369 e. The fourth-order valence-electron chi connectivity index (χ4n) is 7.60. The fourth-order valence-corrected chi connectivity index (χ4v) is 7.60. The molecule has 240 valence electrons. The zero-order valence-electron chi connectivity index (χ0n) is 26.5. The van der Waals surface area contributed by atoms with Crippen molar-refractivity contribution in [1.29, 1.82) is 0 Å². The molecule has 4 aliphatic rings. The maximum absolute atomic E-state index is 14.3. The summed E-state index contributed by atoms with van der Waals surface area (Å²) in [5, 5.41) is 5.76. The lowest BCUT2D eigenvalue weighted by Crippen LogP contribution is -2.63. The van der Waals surface area contributed by atoms with E-state index >= 15 is 0 Å². The number of piperidine rings is 2. The van der Waals surface area contributed by atoms with Crippen molar-refractivity contribution in [3.63, 3.8) is 0 Å². The molecule has 4 heterocycles. The third-order valence-electron chi connectivity index (χ3n) is 10.1. The molecule has 5 atom stereocenters. The Morgan fingerprint density at radius 3 is 2.36 bits per heavy atom. The Labute approximate surface area is 266 Å². The van der Waals surface area contributed by atoms with Crippen LogP contribution in [-0.2, 0) is 20.8 Å². The van der Waals surface area contributed by atoms with Crippen molar-refractivity contribution in [2.75, 3.05) is 57.8 Å². The van der Waals surface area contributed by atoms with Crippen molar-refractivity contribution in [2.24, 2.45) is 11.8 Å². The predicted octanol–water partition coefficient (Wildman–Crippen LogP) is 2.14. The summed E-state index contributed by atoms with van der Waals surface area (Å²) >= 11 is 0. The quantitative estimate of drug-likeness (QED) is 0.547. The zero-order chi connectivity index (χ0) is 31.5. The number of piperazine rings is 1. The van der Waals surface area contributed by atoms with Crippen molar-refractivity contribution in [3.8, 4) is 0 Å². The Balaban J connectivity index is 1.20. The number of likely N-dealkylation sites (N-methyl/N-ethyl adjacent to an activating group) is 1. The number of anilines is 1. The summed E-state index contributed by atoms with van der Waals surface area (Å²) in [4.78, 5) is 62.5. The fraction of sp³-hybridized carbons (Fsp3) is 0.543. The molecule has 2 bridgehead atoms. The lowest BCUT2D eigenvalue weighted by Gasteiger charge is -2.51. The molecule has 0 aromatic heterocycles. The number of nitrogens with one attached hydrogen (secondary N) is 2. The molecule has 10 nitrogen and oxygen atoms in total. The van der Waals surface area contributed by atoms with Gasteiger partial charge in [-0.05, 0) is 74.9 Å². The van der Waals surface area contributed by atoms with Gasteiger partial charge in [-0.25, -0.2) is 0 Å². The van der Waals surface area contributed by atoms with E-state index in [1.807, 2.05) is 52.3 Å². The van der Waals surface area contributed by atoms with Gasteiger partial charge in [0.1, 0.15) is 12.1 Å². The van der Waals surface area contributed by atoms with E-state index in [0.29, 0.717) is 50.9 Å². The summed E-state index contributed by atoms with van der Waals surface area (Å²) in [6.45, 7) is 7.38. The first-order chi connectivity index (χ1) is 21.7. The molecule has 0 radical (unpaired) electrons. The minimum atomic E-state index is -0.739. The van der Waals surface area contributed by atoms with E-state index in [9.17, 15) is 19.2 Å². The van der Waals surface area contributed by atoms with E-state index in [0.717, 1.165) is 43.9 Å². The molecule has 0 spiro atoms. The molecule has 0 saturated carbocycles. The van der Waals surface area contributed by atoms with Crippen LogP contribution in [0.3, 0.4) is 0 Å². The molecule has 4 fully saturated rings. The zero-order valence-corrected chi connectivity index (χ0v) is 26.5. The van der Waals surface area contributed by atoms with Gasteiger partial charge >= 0.3 is 0 Å². The molecule has 2 aromatic rings. The minimum absolute atomic E-state index is 0.0325. The van der Waals surface area contributed by atoms with E-state index in [1.165, 1.54) is 0 Å². The Morgan fingerprint density at radius 1 is 0.889 bits per heavy atom. The molecule has 4 saturated heterocycles. The van der Waals surface area contributed by atoms with E-state index < -0.39 is 12.1 Å². The summed E-state index contributed by atoms with van der Waals surface area (Å²) in [6.07, 6.45) is 2.90. The average molecular weight is 615 g/mol. The predicted molar refractivity (Wildman–Crippen MR) is 173 cm³/mol. The van der Waals surface area contributed by atoms with E-state index in [-0.39, 0.29) is 41.5 Å². The number of nitrogens with zero attached hydrogens (tertiary/aromatic N) is 4. The van der Waals surface area contributed by atoms with Crippen LogP contribution in [0.4, 0.5) is 5.69 Å². The number of carbonyl (C=O) groups excluding carboxylic acids is 4. The maximum Gasteiger partial charge on any atom is 0.253 e. The van der Waals surface area contributed by atoms with Crippen LogP contribution in [0.2, 0.25) is 0 Å². The van der Waals surface area contributed by atoms with Gasteiger partial charge in [-0.1, -0.05) is 30.3 Å². The Bertz CT molecular complexity index is 1380. The van der Waals surface area contributed by atoms with Crippen molar-refractivity contribution in [3.05, 3.63) is 65.7 Å². The Kier molecular flexibility index (Phi) is 9.40. The van der Waals surface area contributed by atoms with Crippen LogP contribution in [0.15, 0.2) is 54.6 Å². The largest absolute Gasteiger partial charge is 0.369 e. The van der Waals surface area contributed by atoms with Crippen molar-refractivity contribution < 1.29 is 19.2 Å². The van der Waals surface area contributed by atoms with Crippen LogP contribution < -0.4 is 15.5 Å². The summed E-state index contributed by atoms with van der Waals surface area (Å²) in [6, 6.07) is 16.2. The molecule has 2 N–H and O–H groups in total. The van der Waals surface area contributed by atoms with Crippen molar-refractivity contribution in [1.82, 2.24) is 25.3 Å². The van der Waals surface area contributed by atoms with Gasteiger partial charge in [0.05, 0.1) is 0 Å². The highest BCUT2D eigenvalue weighted by atomic mass is 16.2. The smallest absolute Gasteiger partial charge is 0.253 e. The molecule has 10 heteroatoms. The van der Waals surface area contributed by atoms with Crippen LogP contribution in [0.5, 0.6) is 0 Å².